The largest absolute Gasteiger partial charge is 0.451 e. The molecular formula is C18H23N3O6. The highest BCUT2D eigenvalue weighted by Crippen LogP contribution is 2.52. The lowest BCUT2D eigenvalue weighted by atomic mass is 9.85. The summed E-state index contributed by atoms with van der Waals surface area (Å²) in [7, 11) is 0. The molecule has 2 aliphatic carbocycles. The molecule has 1 aliphatic heterocycles. The van der Waals surface area contributed by atoms with E-state index in [9.17, 15) is 24.0 Å². The number of ether oxygens (including phenoxy) is 1. The molecule has 27 heavy (non-hydrogen) atoms. The van der Waals surface area contributed by atoms with Gasteiger partial charge in [0, 0.05) is 6.04 Å². The number of esters is 1. The van der Waals surface area contributed by atoms with Crippen LogP contribution in [0.3, 0.4) is 0 Å². The summed E-state index contributed by atoms with van der Waals surface area (Å²) in [6.07, 6.45) is 3.50. The second kappa shape index (κ2) is 7.13. The van der Waals surface area contributed by atoms with E-state index in [0.717, 1.165) is 11.3 Å². The molecule has 0 radical (unpaired) electrons. The molecule has 2 fully saturated rings. The molecule has 2 N–H and O–H groups in total. The lowest BCUT2D eigenvalue weighted by Crippen LogP contribution is -2.47. The number of imide groups is 2. The van der Waals surface area contributed by atoms with Crippen LogP contribution in [-0.4, -0.2) is 53.3 Å². The maximum atomic E-state index is 12.5. The van der Waals surface area contributed by atoms with Crippen LogP contribution in [0.15, 0.2) is 12.2 Å². The summed E-state index contributed by atoms with van der Waals surface area (Å²) < 4.78 is 4.98. The maximum absolute atomic E-state index is 12.5. The number of rotatable bonds is 5. The van der Waals surface area contributed by atoms with Crippen molar-refractivity contribution in [1.82, 2.24) is 15.5 Å². The number of fused-ring (bicyclic) bond motifs is 5. The van der Waals surface area contributed by atoms with E-state index >= 15 is 0 Å². The van der Waals surface area contributed by atoms with Gasteiger partial charge in [-0.05, 0) is 39.0 Å². The highest BCUT2D eigenvalue weighted by molar-refractivity contribution is 6.08. The van der Waals surface area contributed by atoms with Gasteiger partial charge in [0.2, 0.25) is 11.8 Å². The van der Waals surface area contributed by atoms with E-state index in [1.54, 1.807) is 13.8 Å². The van der Waals surface area contributed by atoms with Gasteiger partial charge in [0.15, 0.2) is 6.10 Å². The zero-order valence-electron chi connectivity index (χ0n) is 15.4. The quantitative estimate of drug-likeness (QED) is 0.394. The van der Waals surface area contributed by atoms with Crippen LogP contribution >= 0.6 is 0 Å². The van der Waals surface area contributed by atoms with Crippen molar-refractivity contribution >= 4 is 29.7 Å². The van der Waals surface area contributed by atoms with Crippen LogP contribution in [0.25, 0.3) is 0 Å². The molecule has 146 valence electrons. The van der Waals surface area contributed by atoms with Crippen molar-refractivity contribution in [3.8, 4) is 0 Å². The normalized spacial score (nSPS) is 29.1. The van der Waals surface area contributed by atoms with Crippen LogP contribution in [0, 0.1) is 23.7 Å². The lowest BCUT2D eigenvalue weighted by Gasteiger charge is -2.18. The van der Waals surface area contributed by atoms with Crippen LogP contribution in [0.4, 0.5) is 4.79 Å². The molecule has 1 heterocycles. The topological polar surface area (TPSA) is 122 Å². The Hall–Kier alpha value is -2.71. The minimum atomic E-state index is -1.24. The van der Waals surface area contributed by atoms with E-state index < -0.39 is 30.6 Å². The van der Waals surface area contributed by atoms with Gasteiger partial charge in [-0.15, -0.1) is 0 Å². The van der Waals surface area contributed by atoms with Crippen molar-refractivity contribution in [2.75, 3.05) is 6.54 Å². The number of amides is 5. The zero-order valence-corrected chi connectivity index (χ0v) is 15.4. The predicted molar refractivity (Wildman–Crippen MR) is 91.8 cm³/mol. The molecule has 9 nitrogen and oxygen atoms in total. The van der Waals surface area contributed by atoms with Gasteiger partial charge in [-0.2, -0.15) is 0 Å². The summed E-state index contributed by atoms with van der Waals surface area (Å²) in [6, 6.07) is -0.856. The second-order valence-electron chi connectivity index (χ2n) is 7.51. The average Bonchev–Trinajstić information content (AvgIpc) is 3.23. The van der Waals surface area contributed by atoms with E-state index in [1.165, 1.54) is 6.92 Å². The second-order valence-corrected chi connectivity index (χ2v) is 7.51. The van der Waals surface area contributed by atoms with Gasteiger partial charge in [-0.1, -0.05) is 12.2 Å². The van der Waals surface area contributed by atoms with Crippen LogP contribution in [0.2, 0.25) is 0 Å². The Morgan fingerprint density at radius 2 is 1.67 bits per heavy atom. The van der Waals surface area contributed by atoms with Crippen LogP contribution < -0.4 is 10.6 Å². The van der Waals surface area contributed by atoms with E-state index in [1.807, 2.05) is 12.2 Å². The monoisotopic (exact) mass is 377 g/mol. The number of allylic oxidation sites excluding steroid dienone is 2. The first kappa shape index (κ1) is 19.1. The van der Waals surface area contributed by atoms with Gasteiger partial charge in [-0.25, -0.2) is 4.79 Å². The van der Waals surface area contributed by atoms with Gasteiger partial charge < -0.3 is 10.1 Å². The first-order valence-electron chi connectivity index (χ1n) is 9.03. The number of nitrogens with zero attached hydrogens (tertiary/aromatic N) is 1. The lowest BCUT2D eigenvalue weighted by molar-refractivity contribution is -0.159. The van der Waals surface area contributed by atoms with Crippen molar-refractivity contribution in [2.45, 2.75) is 39.3 Å². The molecule has 1 saturated heterocycles. The number of carbonyl (C=O) groups excluding carboxylic acids is 5. The fourth-order valence-electron chi connectivity index (χ4n) is 4.05. The minimum absolute atomic E-state index is 0.0571. The highest BCUT2D eigenvalue weighted by atomic mass is 16.5. The standard InChI is InChI=1S/C18H23N3O6/c1-8(2)19-18(26)20-15(23)9(3)27-12(22)7-21-16(24)13-10-4-5-11(6-10)14(13)17(21)25/h4-5,8-11,13-14H,6-7H2,1-3H3,(H2,19,20,23,26)/t9-,10-,11-,13-,14-/m0/s1. The van der Waals surface area contributed by atoms with E-state index in [4.69, 9.17) is 4.74 Å². The fourth-order valence-corrected chi connectivity index (χ4v) is 4.05. The molecule has 3 aliphatic rings. The highest BCUT2D eigenvalue weighted by Gasteiger charge is 2.59. The number of carbonyl (C=O) groups is 5. The van der Waals surface area contributed by atoms with Crippen molar-refractivity contribution in [2.24, 2.45) is 23.7 Å². The fraction of sp³-hybridized carbons (Fsp3) is 0.611. The molecule has 9 heteroatoms. The molecule has 0 unspecified atom stereocenters. The molecule has 5 atom stereocenters. The Bertz CT molecular complexity index is 701. The Morgan fingerprint density at radius 3 is 2.19 bits per heavy atom. The molecule has 0 spiro atoms. The predicted octanol–water partition coefficient (Wildman–Crippen LogP) is -0.0406. The van der Waals surface area contributed by atoms with Crippen LogP contribution in [0.1, 0.15) is 27.2 Å². The summed E-state index contributed by atoms with van der Waals surface area (Å²) in [5, 5.41) is 4.53. The van der Waals surface area contributed by atoms with Crippen molar-refractivity contribution in [3.05, 3.63) is 12.2 Å². The third kappa shape index (κ3) is 3.58. The third-order valence-corrected chi connectivity index (χ3v) is 5.18. The number of hydrogen-bond donors (Lipinski definition) is 2. The van der Waals surface area contributed by atoms with Crippen molar-refractivity contribution in [1.29, 1.82) is 0 Å². The van der Waals surface area contributed by atoms with E-state index in [2.05, 4.69) is 10.6 Å². The number of urea groups is 1. The molecule has 1 saturated carbocycles. The Balaban J connectivity index is 1.52. The van der Waals surface area contributed by atoms with E-state index in [0.29, 0.717) is 0 Å². The Labute approximate surface area is 156 Å². The van der Waals surface area contributed by atoms with Gasteiger partial charge in [0.25, 0.3) is 5.91 Å². The van der Waals surface area contributed by atoms with E-state index in [-0.39, 0.29) is 41.5 Å². The minimum Gasteiger partial charge on any atom is -0.451 e. The molecule has 3 rings (SSSR count). The number of nitrogens with one attached hydrogen (secondary N) is 2. The van der Waals surface area contributed by atoms with Crippen LogP contribution in [-0.2, 0) is 23.9 Å². The number of likely N-dealkylation sites (tertiary alicyclic amines) is 1. The molecule has 2 bridgehead atoms. The van der Waals surface area contributed by atoms with Gasteiger partial charge in [-0.3, -0.25) is 29.4 Å². The molecule has 0 aromatic rings. The van der Waals surface area contributed by atoms with Crippen molar-refractivity contribution < 1.29 is 28.7 Å². The number of hydrogen-bond acceptors (Lipinski definition) is 6. The Kier molecular flexibility index (Phi) is 5.03. The summed E-state index contributed by atoms with van der Waals surface area (Å²) in [5.41, 5.74) is 0. The van der Waals surface area contributed by atoms with Gasteiger partial charge in [0.1, 0.15) is 6.54 Å². The molecule has 0 aromatic carbocycles. The first-order chi connectivity index (χ1) is 12.7. The summed E-state index contributed by atoms with van der Waals surface area (Å²) in [4.78, 5) is 61.5. The molecule has 5 amide bonds. The smallest absolute Gasteiger partial charge is 0.326 e. The molecule has 0 aromatic heterocycles. The summed E-state index contributed by atoms with van der Waals surface area (Å²) in [6.45, 7) is 4.24. The summed E-state index contributed by atoms with van der Waals surface area (Å²) >= 11 is 0. The average molecular weight is 377 g/mol. The maximum Gasteiger partial charge on any atom is 0.326 e. The van der Waals surface area contributed by atoms with Crippen molar-refractivity contribution in [3.63, 3.8) is 0 Å². The Morgan fingerprint density at radius 1 is 1.11 bits per heavy atom. The first-order valence-corrected chi connectivity index (χ1v) is 9.03. The van der Waals surface area contributed by atoms with Crippen LogP contribution in [0.5, 0.6) is 0 Å². The zero-order chi connectivity index (χ0) is 19.9. The summed E-state index contributed by atoms with van der Waals surface area (Å²) in [5.74, 6) is -3.03. The van der Waals surface area contributed by atoms with Gasteiger partial charge >= 0.3 is 12.0 Å². The third-order valence-electron chi connectivity index (χ3n) is 5.18. The van der Waals surface area contributed by atoms with Gasteiger partial charge in [0.05, 0.1) is 11.8 Å². The SMILES string of the molecule is CC(C)NC(=O)NC(=O)[C@H](C)OC(=O)CN1C(=O)[C@@H]2[C@@H](C1=O)[C@H]1C=C[C@H]2C1. The molecular weight excluding hydrogens is 354 g/mol.